The molecule has 22 heavy (non-hydrogen) atoms. The number of carbonyl (C=O) groups is 1. The van der Waals surface area contributed by atoms with Crippen LogP contribution in [0.3, 0.4) is 0 Å². The summed E-state index contributed by atoms with van der Waals surface area (Å²) < 4.78 is 10.7. The molecule has 0 saturated carbocycles. The molecule has 1 heterocycles. The number of hydrogen-bond acceptors (Lipinski definition) is 4. The molecule has 6 heteroatoms. The fraction of sp³-hybridized carbons (Fsp3) is 0.562. The molecular weight excluding hydrogens is 300 g/mol. The van der Waals surface area contributed by atoms with Gasteiger partial charge in [0.15, 0.2) is 11.5 Å². The highest BCUT2D eigenvalue weighted by Gasteiger charge is 2.38. The SMILES string of the molecule is C[NH2+]CCCN1C(=O)[C@H](C)S[C@@H]1c1ccc(OC)c(OC)c1. The summed E-state index contributed by atoms with van der Waals surface area (Å²) in [6.45, 7) is 3.80. The van der Waals surface area contributed by atoms with E-state index in [-0.39, 0.29) is 16.5 Å². The first kappa shape index (κ1) is 17.0. The lowest BCUT2D eigenvalue weighted by molar-refractivity contribution is -0.627. The van der Waals surface area contributed by atoms with Crippen molar-refractivity contribution in [3.63, 3.8) is 0 Å². The third kappa shape index (κ3) is 3.50. The summed E-state index contributed by atoms with van der Waals surface area (Å²) in [5.41, 5.74) is 1.08. The number of carbonyl (C=O) groups excluding carboxylic acids is 1. The van der Waals surface area contributed by atoms with Gasteiger partial charge in [0.1, 0.15) is 5.37 Å². The molecule has 2 N–H and O–H groups in total. The monoisotopic (exact) mass is 325 g/mol. The molecule has 1 aliphatic rings. The summed E-state index contributed by atoms with van der Waals surface area (Å²) in [6, 6.07) is 5.89. The van der Waals surface area contributed by atoms with Gasteiger partial charge in [-0.1, -0.05) is 6.07 Å². The van der Waals surface area contributed by atoms with Crippen LogP contribution in [0.25, 0.3) is 0 Å². The summed E-state index contributed by atoms with van der Waals surface area (Å²) in [5, 5.41) is 2.20. The average Bonchev–Trinajstić information content (AvgIpc) is 2.82. The number of thioether (sulfide) groups is 1. The van der Waals surface area contributed by atoms with Gasteiger partial charge in [0.05, 0.1) is 33.1 Å². The second kappa shape index (κ2) is 7.74. The van der Waals surface area contributed by atoms with Crippen LogP contribution in [0.2, 0.25) is 0 Å². The zero-order chi connectivity index (χ0) is 16.1. The van der Waals surface area contributed by atoms with E-state index >= 15 is 0 Å². The van der Waals surface area contributed by atoms with Gasteiger partial charge in [-0.05, 0) is 24.6 Å². The molecule has 0 spiro atoms. The summed E-state index contributed by atoms with van der Waals surface area (Å²) in [6.07, 6.45) is 0.999. The molecule has 0 bridgehead atoms. The Labute approximate surface area is 136 Å². The Morgan fingerprint density at radius 2 is 2.00 bits per heavy atom. The van der Waals surface area contributed by atoms with Crippen LogP contribution in [0.15, 0.2) is 18.2 Å². The zero-order valence-corrected chi connectivity index (χ0v) is 14.5. The van der Waals surface area contributed by atoms with E-state index in [2.05, 4.69) is 12.4 Å². The van der Waals surface area contributed by atoms with Crippen molar-refractivity contribution < 1.29 is 19.6 Å². The lowest BCUT2D eigenvalue weighted by atomic mass is 10.1. The van der Waals surface area contributed by atoms with E-state index < -0.39 is 0 Å². The minimum absolute atomic E-state index is 0.00343. The van der Waals surface area contributed by atoms with Gasteiger partial charge < -0.3 is 19.7 Å². The molecule has 1 aromatic rings. The standard InChI is InChI=1S/C16H24N2O3S/c1-11-15(19)18(9-5-8-17-2)16(22-11)12-6-7-13(20-3)14(10-12)21-4/h6-7,10-11,16-17H,5,8-9H2,1-4H3/p+1/t11-,16+/m0/s1. The van der Waals surface area contributed by atoms with Crippen molar-refractivity contribution in [3.05, 3.63) is 23.8 Å². The number of ether oxygens (including phenoxy) is 2. The van der Waals surface area contributed by atoms with Gasteiger partial charge in [0, 0.05) is 13.0 Å². The van der Waals surface area contributed by atoms with E-state index in [0.29, 0.717) is 11.5 Å². The molecule has 1 amide bonds. The molecular formula is C16H25N2O3S+. The third-order valence-corrected chi connectivity index (χ3v) is 5.23. The van der Waals surface area contributed by atoms with Gasteiger partial charge in [-0.3, -0.25) is 4.79 Å². The normalized spacial score (nSPS) is 21.3. The number of methoxy groups -OCH3 is 2. The van der Waals surface area contributed by atoms with E-state index in [0.717, 1.165) is 25.1 Å². The van der Waals surface area contributed by atoms with Gasteiger partial charge in [-0.25, -0.2) is 0 Å². The van der Waals surface area contributed by atoms with Crippen molar-refractivity contribution in [2.24, 2.45) is 0 Å². The van der Waals surface area contributed by atoms with Crippen molar-refractivity contribution in [3.8, 4) is 11.5 Å². The van der Waals surface area contributed by atoms with Gasteiger partial charge in [-0.2, -0.15) is 0 Å². The highest BCUT2D eigenvalue weighted by atomic mass is 32.2. The topological polar surface area (TPSA) is 55.4 Å². The van der Waals surface area contributed by atoms with Crippen molar-refractivity contribution in [1.82, 2.24) is 4.90 Å². The van der Waals surface area contributed by atoms with E-state index in [4.69, 9.17) is 9.47 Å². The first-order valence-corrected chi connectivity index (χ1v) is 8.52. The van der Waals surface area contributed by atoms with Gasteiger partial charge in [-0.15, -0.1) is 11.8 Å². The number of nitrogens with zero attached hydrogens (tertiary/aromatic N) is 1. The molecule has 0 aromatic heterocycles. The Morgan fingerprint density at radius 3 is 2.64 bits per heavy atom. The van der Waals surface area contributed by atoms with Crippen LogP contribution in [0.1, 0.15) is 24.3 Å². The molecule has 1 aliphatic heterocycles. The van der Waals surface area contributed by atoms with E-state index in [9.17, 15) is 4.79 Å². The summed E-state index contributed by atoms with van der Waals surface area (Å²) in [4.78, 5) is 14.4. The van der Waals surface area contributed by atoms with E-state index in [1.165, 1.54) is 0 Å². The minimum Gasteiger partial charge on any atom is -0.493 e. The highest BCUT2D eigenvalue weighted by molar-refractivity contribution is 8.01. The second-order valence-corrected chi connectivity index (χ2v) is 6.75. The number of rotatable bonds is 7. The Kier molecular flexibility index (Phi) is 5.97. The van der Waals surface area contributed by atoms with Crippen LogP contribution >= 0.6 is 11.8 Å². The fourth-order valence-electron chi connectivity index (χ4n) is 2.63. The Hall–Kier alpha value is -1.40. The molecule has 122 valence electrons. The molecule has 0 unspecified atom stereocenters. The molecule has 0 aliphatic carbocycles. The van der Waals surface area contributed by atoms with Crippen LogP contribution in [0, 0.1) is 0 Å². The molecule has 1 aromatic carbocycles. The third-order valence-electron chi connectivity index (χ3n) is 3.83. The molecule has 2 rings (SSSR count). The van der Waals surface area contributed by atoms with Crippen LogP contribution < -0.4 is 14.8 Å². The van der Waals surface area contributed by atoms with Gasteiger partial charge in [0.2, 0.25) is 5.91 Å². The van der Waals surface area contributed by atoms with Gasteiger partial charge in [0.25, 0.3) is 0 Å². The quantitative estimate of drug-likeness (QED) is 0.767. The minimum atomic E-state index is 0.00343. The largest absolute Gasteiger partial charge is 0.493 e. The number of amides is 1. The fourth-order valence-corrected chi connectivity index (χ4v) is 3.93. The lowest BCUT2D eigenvalue weighted by Crippen LogP contribution is -2.79. The van der Waals surface area contributed by atoms with Crippen molar-refractivity contribution in [2.45, 2.75) is 24.0 Å². The van der Waals surface area contributed by atoms with Crippen LogP contribution in [0.4, 0.5) is 0 Å². The predicted molar refractivity (Wildman–Crippen MR) is 88.4 cm³/mol. The first-order valence-electron chi connectivity index (χ1n) is 7.58. The number of quaternary nitrogens is 1. The highest BCUT2D eigenvalue weighted by Crippen LogP contribution is 2.44. The Bertz CT molecular complexity index is 524. The van der Waals surface area contributed by atoms with Crippen molar-refractivity contribution in [1.29, 1.82) is 0 Å². The predicted octanol–water partition coefficient (Wildman–Crippen LogP) is 1.25. The van der Waals surface area contributed by atoms with Crippen LogP contribution in [0.5, 0.6) is 11.5 Å². The summed E-state index contributed by atoms with van der Waals surface area (Å²) in [5.74, 6) is 1.64. The molecule has 5 nitrogen and oxygen atoms in total. The maximum Gasteiger partial charge on any atom is 0.236 e. The molecule has 1 saturated heterocycles. The van der Waals surface area contributed by atoms with Crippen molar-refractivity contribution in [2.75, 3.05) is 34.4 Å². The molecule has 0 radical (unpaired) electrons. The Balaban J connectivity index is 2.22. The van der Waals surface area contributed by atoms with E-state index in [1.807, 2.05) is 30.0 Å². The first-order chi connectivity index (χ1) is 10.6. The van der Waals surface area contributed by atoms with Crippen LogP contribution in [-0.2, 0) is 4.79 Å². The second-order valence-electron chi connectivity index (χ2n) is 5.33. The molecule has 2 atom stereocenters. The van der Waals surface area contributed by atoms with Gasteiger partial charge >= 0.3 is 0 Å². The Morgan fingerprint density at radius 1 is 1.27 bits per heavy atom. The van der Waals surface area contributed by atoms with Crippen molar-refractivity contribution >= 4 is 17.7 Å². The number of nitrogens with two attached hydrogens (primary N) is 1. The lowest BCUT2D eigenvalue weighted by Gasteiger charge is -2.24. The van der Waals surface area contributed by atoms with E-state index in [1.54, 1.807) is 26.0 Å². The van der Waals surface area contributed by atoms with Crippen LogP contribution in [-0.4, -0.2) is 50.4 Å². The number of hydrogen-bond donors (Lipinski definition) is 1. The maximum absolute atomic E-state index is 12.4. The smallest absolute Gasteiger partial charge is 0.236 e. The summed E-state index contributed by atoms with van der Waals surface area (Å²) >= 11 is 1.70. The summed E-state index contributed by atoms with van der Waals surface area (Å²) in [7, 11) is 5.31. The zero-order valence-electron chi connectivity index (χ0n) is 13.7. The maximum atomic E-state index is 12.4. The average molecular weight is 325 g/mol. The molecule has 1 fully saturated rings. The number of benzene rings is 1.